The van der Waals surface area contributed by atoms with E-state index in [1.54, 1.807) is 19.1 Å². The van der Waals surface area contributed by atoms with Crippen LogP contribution in [0.3, 0.4) is 0 Å². The van der Waals surface area contributed by atoms with E-state index >= 15 is 0 Å². The van der Waals surface area contributed by atoms with E-state index in [-0.39, 0.29) is 20.7 Å². The zero-order valence-electron chi connectivity index (χ0n) is 11.0. The Morgan fingerprint density at radius 1 is 1.38 bits per heavy atom. The van der Waals surface area contributed by atoms with Crippen LogP contribution in [0.1, 0.15) is 11.1 Å². The van der Waals surface area contributed by atoms with Crippen LogP contribution in [-0.4, -0.2) is 18.4 Å². The third-order valence-electron chi connectivity index (χ3n) is 2.76. The SMILES string of the molecule is Cc1cccnc1NS(=O)(=O)c1ccc(C(N)=S)c(Cl)c1. The number of sulfonamides is 1. The molecule has 0 aliphatic carbocycles. The molecule has 0 amide bonds. The molecule has 0 saturated heterocycles. The van der Waals surface area contributed by atoms with Crippen LogP contribution in [0, 0.1) is 6.92 Å². The smallest absolute Gasteiger partial charge is 0.263 e. The molecular formula is C13H12ClN3O2S2. The van der Waals surface area contributed by atoms with Crippen LogP contribution in [0.2, 0.25) is 5.02 Å². The van der Waals surface area contributed by atoms with Crippen molar-refractivity contribution >= 4 is 44.6 Å². The van der Waals surface area contributed by atoms with E-state index in [0.29, 0.717) is 11.1 Å². The van der Waals surface area contributed by atoms with E-state index in [0.717, 1.165) is 0 Å². The molecule has 2 aromatic rings. The molecule has 0 unspecified atom stereocenters. The van der Waals surface area contributed by atoms with Gasteiger partial charge in [-0.05, 0) is 36.8 Å². The van der Waals surface area contributed by atoms with Crippen molar-refractivity contribution in [1.82, 2.24) is 4.98 Å². The van der Waals surface area contributed by atoms with Gasteiger partial charge < -0.3 is 5.73 Å². The van der Waals surface area contributed by atoms with Gasteiger partial charge in [-0.25, -0.2) is 13.4 Å². The Kier molecular flexibility index (Phi) is 4.46. The zero-order chi connectivity index (χ0) is 15.6. The van der Waals surface area contributed by atoms with Crippen molar-refractivity contribution < 1.29 is 8.42 Å². The quantitative estimate of drug-likeness (QED) is 0.834. The maximum Gasteiger partial charge on any atom is 0.263 e. The number of halogens is 1. The molecule has 0 bridgehead atoms. The number of aromatic nitrogens is 1. The summed E-state index contributed by atoms with van der Waals surface area (Å²) in [6.45, 7) is 1.76. The molecular weight excluding hydrogens is 330 g/mol. The van der Waals surface area contributed by atoms with Gasteiger partial charge >= 0.3 is 0 Å². The van der Waals surface area contributed by atoms with E-state index in [9.17, 15) is 8.42 Å². The second-order valence-electron chi connectivity index (χ2n) is 4.28. The molecule has 8 heteroatoms. The molecule has 110 valence electrons. The van der Waals surface area contributed by atoms with E-state index < -0.39 is 10.0 Å². The summed E-state index contributed by atoms with van der Waals surface area (Å²) in [5, 5.41) is 0.183. The summed E-state index contributed by atoms with van der Waals surface area (Å²) in [5.41, 5.74) is 6.63. The number of nitrogens with one attached hydrogen (secondary N) is 1. The number of hydrogen-bond acceptors (Lipinski definition) is 4. The minimum atomic E-state index is -3.78. The number of nitrogens with zero attached hydrogens (tertiary/aromatic N) is 1. The predicted octanol–water partition coefficient (Wildman–Crippen LogP) is 2.48. The van der Waals surface area contributed by atoms with Gasteiger partial charge in [0.1, 0.15) is 10.8 Å². The van der Waals surface area contributed by atoms with Gasteiger partial charge in [0.15, 0.2) is 0 Å². The van der Waals surface area contributed by atoms with Crippen molar-refractivity contribution in [3.05, 3.63) is 52.7 Å². The lowest BCUT2D eigenvalue weighted by molar-refractivity contribution is 0.601. The van der Waals surface area contributed by atoms with Crippen molar-refractivity contribution in [1.29, 1.82) is 0 Å². The van der Waals surface area contributed by atoms with Gasteiger partial charge in [-0.2, -0.15) is 0 Å². The molecule has 2 rings (SSSR count). The lowest BCUT2D eigenvalue weighted by Crippen LogP contribution is -2.16. The summed E-state index contributed by atoms with van der Waals surface area (Å²) in [4.78, 5) is 4.11. The highest BCUT2D eigenvalue weighted by Crippen LogP contribution is 2.23. The van der Waals surface area contributed by atoms with Gasteiger partial charge in [0, 0.05) is 11.8 Å². The van der Waals surface area contributed by atoms with Gasteiger partial charge in [0.2, 0.25) is 0 Å². The average Bonchev–Trinajstić information content (AvgIpc) is 2.40. The lowest BCUT2D eigenvalue weighted by atomic mass is 10.2. The molecule has 3 N–H and O–H groups in total. The fourth-order valence-electron chi connectivity index (χ4n) is 1.64. The molecule has 1 aromatic carbocycles. The average molecular weight is 342 g/mol. The fourth-order valence-corrected chi connectivity index (χ4v) is 3.33. The van der Waals surface area contributed by atoms with Gasteiger partial charge in [-0.15, -0.1) is 0 Å². The summed E-state index contributed by atoms with van der Waals surface area (Å²) in [6.07, 6.45) is 1.51. The highest BCUT2D eigenvalue weighted by atomic mass is 35.5. The minimum Gasteiger partial charge on any atom is -0.389 e. The van der Waals surface area contributed by atoms with Gasteiger partial charge in [0.05, 0.1) is 9.92 Å². The molecule has 0 aliphatic heterocycles. The summed E-state index contributed by atoms with van der Waals surface area (Å²) in [5.74, 6) is 0.270. The third-order valence-corrected chi connectivity index (χ3v) is 4.63. The first-order chi connectivity index (χ1) is 9.81. The number of aryl methyl sites for hydroxylation is 1. The van der Waals surface area contributed by atoms with Crippen molar-refractivity contribution in [3.63, 3.8) is 0 Å². The maximum atomic E-state index is 12.3. The van der Waals surface area contributed by atoms with Crippen molar-refractivity contribution in [2.45, 2.75) is 11.8 Å². The van der Waals surface area contributed by atoms with Crippen LogP contribution in [0.5, 0.6) is 0 Å². The molecule has 0 saturated carbocycles. The second kappa shape index (κ2) is 5.97. The number of hydrogen-bond donors (Lipinski definition) is 2. The number of rotatable bonds is 4. The normalized spacial score (nSPS) is 11.1. The van der Waals surface area contributed by atoms with E-state index in [2.05, 4.69) is 9.71 Å². The predicted molar refractivity (Wildman–Crippen MR) is 87.1 cm³/mol. The standard InChI is InChI=1S/C13H12ClN3O2S2/c1-8-3-2-6-16-13(8)17-21(18,19)9-4-5-10(12(15)20)11(14)7-9/h2-7H,1H3,(H2,15,20)(H,16,17). The number of nitrogens with two attached hydrogens (primary N) is 1. The van der Waals surface area contributed by atoms with Crippen LogP contribution in [0.25, 0.3) is 0 Å². The van der Waals surface area contributed by atoms with E-state index in [4.69, 9.17) is 29.6 Å². The Balaban J connectivity index is 2.39. The summed E-state index contributed by atoms with van der Waals surface area (Å²) >= 11 is 10.8. The molecule has 0 spiro atoms. The maximum absolute atomic E-state index is 12.3. The van der Waals surface area contributed by atoms with Crippen LogP contribution in [0.4, 0.5) is 5.82 Å². The Labute approximate surface area is 133 Å². The van der Waals surface area contributed by atoms with Gasteiger partial charge in [-0.3, -0.25) is 4.72 Å². The van der Waals surface area contributed by atoms with Crippen LogP contribution >= 0.6 is 23.8 Å². The second-order valence-corrected chi connectivity index (χ2v) is 6.81. The Morgan fingerprint density at radius 2 is 2.10 bits per heavy atom. The topological polar surface area (TPSA) is 85.1 Å². The summed E-state index contributed by atoms with van der Waals surface area (Å²) < 4.78 is 27.0. The zero-order valence-corrected chi connectivity index (χ0v) is 13.4. The number of thiocarbonyl (C=S) groups is 1. The Hall–Kier alpha value is -1.70. The highest BCUT2D eigenvalue weighted by Gasteiger charge is 2.17. The Morgan fingerprint density at radius 3 is 2.67 bits per heavy atom. The molecule has 0 atom stereocenters. The van der Waals surface area contributed by atoms with E-state index in [1.807, 2.05) is 0 Å². The molecule has 1 aromatic heterocycles. The van der Waals surface area contributed by atoms with Gasteiger partial charge in [0.25, 0.3) is 10.0 Å². The number of benzene rings is 1. The fraction of sp³-hybridized carbons (Fsp3) is 0.0769. The Bertz CT molecular complexity index is 807. The van der Waals surface area contributed by atoms with E-state index in [1.165, 1.54) is 24.4 Å². The molecule has 21 heavy (non-hydrogen) atoms. The summed E-state index contributed by atoms with van der Waals surface area (Å²) in [6, 6.07) is 7.65. The highest BCUT2D eigenvalue weighted by molar-refractivity contribution is 7.92. The molecule has 5 nitrogen and oxygen atoms in total. The first kappa shape index (κ1) is 15.7. The van der Waals surface area contributed by atoms with Gasteiger partial charge in [-0.1, -0.05) is 29.9 Å². The first-order valence-corrected chi connectivity index (χ1v) is 8.12. The van der Waals surface area contributed by atoms with Crippen LogP contribution in [-0.2, 0) is 10.0 Å². The molecule has 0 fully saturated rings. The van der Waals surface area contributed by atoms with Crippen LogP contribution in [0.15, 0.2) is 41.4 Å². The minimum absolute atomic E-state index is 0.0116. The first-order valence-electron chi connectivity index (χ1n) is 5.85. The van der Waals surface area contributed by atoms with Crippen molar-refractivity contribution in [2.75, 3.05) is 4.72 Å². The third kappa shape index (κ3) is 3.49. The van der Waals surface area contributed by atoms with Crippen molar-refractivity contribution in [2.24, 2.45) is 5.73 Å². The largest absolute Gasteiger partial charge is 0.389 e. The number of anilines is 1. The molecule has 0 aliphatic rings. The monoisotopic (exact) mass is 341 g/mol. The summed E-state index contributed by atoms with van der Waals surface area (Å²) in [7, 11) is -3.78. The molecule has 0 radical (unpaired) electrons. The van der Waals surface area contributed by atoms with Crippen LogP contribution < -0.4 is 10.5 Å². The van der Waals surface area contributed by atoms with Crippen molar-refractivity contribution in [3.8, 4) is 0 Å². The number of pyridine rings is 1. The molecule has 1 heterocycles. The lowest BCUT2D eigenvalue weighted by Gasteiger charge is -2.10.